The average Bonchev–Trinajstić information content (AvgIpc) is 2.68. The highest BCUT2D eigenvalue weighted by Crippen LogP contribution is 2.46. The third kappa shape index (κ3) is 6.36. The van der Waals surface area contributed by atoms with E-state index in [0.717, 1.165) is 0 Å². The van der Waals surface area contributed by atoms with E-state index < -0.39 is 55.6 Å². The van der Waals surface area contributed by atoms with Crippen molar-refractivity contribution in [3.05, 3.63) is 0 Å². The van der Waals surface area contributed by atoms with Crippen molar-refractivity contribution in [2.75, 3.05) is 6.61 Å². The van der Waals surface area contributed by atoms with Crippen LogP contribution in [-0.2, 0) is 9.47 Å². The van der Waals surface area contributed by atoms with Gasteiger partial charge in [0.2, 0.25) is 0 Å². The second-order valence-corrected chi connectivity index (χ2v) is 5.47. The molecule has 2 atom stereocenters. The zero-order chi connectivity index (χ0) is 18.1. The molecule has 1 aliphatic heterocycles. The van der Waals surface area contributed by atoms with E-state index in [-0.39, 0.29) is 13.0 Å². The van der Waals surface area contributed by atoms with Gasteiger partial charge in [-0.15, -0.1) is 0 Å². The van der Waals surface area contributed by atoms with Crippen molar-refractivity contribution in [1.82, 2.24) is 0 Å². The van der Waals surface area contributed by atoms with E-state index in [1.807, 2.05) is 0 Å². The number of halogens is 9. The van der Waals surface area contributed by atoms with Crippen LogP contribution in [0.15, 0.2) is 0 Å². The first-order valence-corrected chi connectivity index (χ1v) is 6.61. The second-order valence-electron chi connectivity index (χ2n) is 5.47. The molecule has 0 saturated carbocycles. The maximum atomic E-state index is 13.4. The van der Waals surface area contributed by atoms with Gasteiger partial charge in [0.15, 0.2) is 6.29 Å². The van der Waals surface area contributed by atoms with Crippen molar-refractivity contribution in [1.29, 1.82) is 0 Å². The Hall–Kier alpha value is -0.710. The van der Waals surface area contributed by atoms with Gasteiger partial charge in [-0.25, -0.2) is 17.6 Å². The number of ether oxygens (including phenoxy) is 2. The first kappa shape index (κ1) is 20.3. The molecule has 0 bridgehead atoms. The number of hydrogen-bond acceptors (Lipinski definition) is 2. The molecule has 0 radical (unpaired) electrons. The van der Waals surface area contributed by atoms with Gasteiger partial charge in [-0.05, 0) is 13.3 Å². The zero-order valence-electron chi connectivity index (χ0n) is 11.9. The third-order valence-corrected chi connectivity index (χ3v) is 3.15. The topological polar surface area (TPSA) is 18.5 Å². The Morgan fingerprint density at radius 2 is 1.43 bits per heavy atom. The standard InChI is InChI=1S/C12H15F9O2/c1-7-22-4-8(23-7)2-3-9(13,14)5-10(15,16)6-11(17,18)12(19,20)21/h7-8H,2-6H2,1H3. The van der Waals surface area contributed by atoms with E-state index in [4.69, 9.17) is 9.47 Å². The second kappa shape index (κ2) is 6.66. The fraction of sp³-hybridized carbons (Fsp3) is 1.00. The molecular formula is C12H15F9O2. The SMILES string of the molecule is CC1OCC(CCC(F)(F)CC(F)(F)CC(F)(F)C(F)(F)F)O1. The summed E-state index contributed by atoms with van der Waals surface area (Å²) in [4.78, 5) is 0. The van der Waals surface area contributed by atoms with E-state index in [0.29, 0.717) is 0 Å². The number of hydrogen-bond donors (Lipinski definition) is 0. The van der Waals surface area contributed by atoms with Crippen molar-refractivity contribution in [3.8, 4) is 0 Å². The largest absolute Gasteiger partial charge is 0.453 e. The Morgan fingerprint density at radius 3 is 1.87 bits per heavy atom. The molecule has 1 fully saturated rings. The summed E-state index contributed by atoms with van der Waals surface area (Å²) >= 11 is 0. The van der Waals surface area contributed by atoms with Gasteiger partial charge < -0.3 is 9.47 Å². The molecule has 1 aliphatic rings. The van der Waals surface area contributed by atoms with Gasteiger partial charge in [0.05, 0.1) is 25.6 Å². The fourth-order valence-electron chi connectivity index (χ4n) is 2.07. The summed E-state index contributed by atoms with van der Waals surface area (Å²) < 4.78 is 124. The van der Waals surface area contributed by atoms with Gasteiger partial charge in [0.1, 0.15) is 0 Å². The van der Waals surface area contributed by atoms with Crippen LogP contribution in [0.3, 0.4) is 0 Å². The van der Waals surface area contributed by atoms with Crippen molar-refractivity contribution >= 4 is 0 Å². The number of rotatable bonds is 7. The van der Waals surface area contributed by atoms with Crippen molar-refractivity contribution < 1.29 is 49.0 Å². The summed E-state index contributed by atoms with van der Waals surface area (Å²) in [6.45, 7) is 1.46. The quantitative estimate of drug-likeness (QED) is 0.607. The van der Waals surface area contributed by atoms with E-state index in [1.165, 1.54) is 6.92 Å². The molecule has 1 saturated heterocycles. The maximum absolute atomic E-state index is 13.4. The first-order chi connectivity index (χ1) is 10.1. The highest BCUT2D eigenvalue weighted by molar-refractivity contribution is 4.87. The minimum absolute atomic E-state index is 0.0280. The van der Waals surface area contributed by atoms with Crippen LogP contribution in [-0.4, -0.2) is 42.9 Å². The van der Waals surface area contributed by atoms with Crippen molar-refractivity contribution in [3.63, 3.8) is 0 Å². The molecule has 1 rings (SSSR count). The predicted molar refractivity (Wildman–Crippen MR) is 59.7 cm³/mol. The summed E-state index contributed by atoms with van der Waals surface area (Å²) in [5.41, 5.74) is 0. The monoisotopic (exact) mass is 362 g/mol. The van der Waals surface area contributed by atoms with Crippen LogP contribution >= 0.6 is 0 Å². The molecule has 0 N–H and O–H groups in total. The summed E-state index contributed by atoms with van der Waals surface area (Å²) in [7, 11) is 0. The van der Waals surface area contributed by atoms with E-state index in [2.05, 4.69) is 0 Å². The maximum Gasteiger partial charge on any atom is 0.453 e. The molecule has 0 spiro atoms. The molecule has 11 heteroatoms. The lowest BCUT2D eigenvalue weighted by molar-refractivity contribution is -0.304. The molecule has 0 aliphatic carbocycles. The van der Waals surface area contributed by atoms with Crippen LogP contribution in [0.5, 0.6) is 0 Å². The molecule has 23 heavy (non-hydrogen) atoms. The highest BCUT2D eigenvalue weighted by atomic mass is 19.4. The van der Waals surface area contributed by atoms with Gasteiger partial charge in [0.25, 0.3) is 11.8 Å². The van der Waals surface area contributed by atoms with Gasteiger partial charge in [-0.3, -0.25) is 0 Å². The van der Waals surface area contributed by atoms with Gasteiger partial charge in [-0.1, -0.05) is 0 Å². The summed E-state index contributed by atoms with van der Waals surface area (Å²) in [5.74, 6) is -14.7. The molecular weight excluding hydrogens is 347 g/mol. The van der Waals surface area contributed by atoms with Crippen LogP contribution in [0.1, 0.15) is 32.6 Å². The van der Waals surface area contributed by atoms with E-state index in [9.17, 15) is 39.5 Å². The normalized spacial score (nSPS) is 24.3. The van der Waals surface area contributed by atoms with Crippen LogP contribution in [0.4, 0.5) is 39.5 Å². The Kier molecular flexibility index (Phi) is 5.88. The lowest BCUT2D eigenvalue weighted by Gasteiger charge is -2.28. The van der Waals surface area contributed by atoms with Crippen molar-refractivity contribution in [2.45, 2.75) is 68.9 Å². The van der Waals surface area contributed by atoms with Crippen molar-refractivity contribution in [2.24, 2.45) is 0 Å². The number of alkyl halides is 9. The summed E-state index contributed by atoms with van der Waals surface area (Å²) in [6.07, 6.45) is -14.6. The Labute approximate surface area is 125 Å². The summed E-state index contributed by atoms with van der Waals surface area (Å²) in [6, 6.07) is 0. The minimum atomic E-state index is -6.23. The lowest BCUT2D eigenvalue weighted by atomic mass is 9.98. The van der Waals surface area contributed by atoms with Crippen LogP contribution in [0, 0.1) is 0 Å². The smallest absolute Gasteiger partial charge is 0.350 e. The molecule has 0 aromatic rings. The first-order valence-electron chi connectivity index (χ1n) is 6.61. The zero-order valence-corrected chi connectivity index (χ0v) is 11.9. The van der Waals surface area contributed by atoms with Crippen LogP contribution < -0.4 is 0 Å². The van der Waals surface area contributed by atoms with Crippen LogP contribution in [0.2, 0.25) is 0 Å². The Morgan fingerprint density at radius 1 is 0.870 bits per heavy atom. The van der Waals surface area contributed by atoms with E-state index >= 15 is 0 Å². The molecule has 138 valence electrons. The fourth-order valence-corrected chi connectivity index (χ4v) is 2.07. The Balaban J connectivity index is 2.56. The lowest BCUT2D eigenvalue weighted by Crippen LogP contribution is -2.43. The van der Waals surface area contributed by atoms with E-state index in [1.54, 1.807) is 0 Å². The van der Waals surface area contributed by atoms with Gasteiger partial charge >= 0.3 is 12.1 Å². The highest BCUT2D eigenvalue weighted by Gasteiger charge is 2.62. The molecule has 2 nitrogen and oxygen atoms in total. The van der Waals surface area contributed by atoms with Gasteiger partial charge in [0, 0.05) is 6.42 Å². The average molecular weight is 362 g/mol. The minimum Gasteiger partial charge on any atom is -0.350 e. The predicted octanol–water partition coefficient (Wildman–Crippen LogP) is 4.78. The van der Waals surface area contributed by atoms with Crippen LogP contribution in [0.25, 0.3) is 0 Å². The molecule has 1 heterocycles. The molecule has 2 unspecified atom stereocenters. The molecule has 0 aromatic heterocycles. The third-order valence-electron chi connectivity index (χ3n) is 3.15. The van der Waals surface area contributed by atoms with Gasteiger partial charge in [-0.2, -0.15) is 22.0 Å². The Bertz CT molecular complexity index is 394. The summed E-state index contributed by atoms with van der Waals surface area (Å²) in [5, 5.41) is 0. The molecule has 0 amide bonds. The molecule has 0 aromatic carbocycles.